The number of aromatic nitrogens is 2. The highest BCUT2D eigenvalue weighted by atomic mass is 15.0. The van der Waals surface area contributed by atoms with E-state index < -0.39 is 0 Å². The molecule has 1 unspecified atom stereocenters. The zero-order valence-electron chi connectivity index (χ0n) is 30.2. The fraction of sp³-hybridized carbons (Fsp3) is 0.0377. The third-order valence-corrected chi connectivity index (χ3v) is 11.5. The van der Waals surface area contributed by atoms with Gasteiger partial charge in [-0.2, -0.15) is 0 Å². The first kappa shape index (κ1) is 31.5. The highest BCUT2D eigenvalue weighted by molar-refractivity contribution is 6.22. The lowest BCUT2D eigenvalue weighted by Gasteiger charge is -2.19. The van der Waals surface area contributed by atoms with Gasteiger partial charge < -0.3 is 4.57 Å². The normalized spacial score (nSPS) is 14.1. The maximum absolute atomic E-state index is 4.92. The van der Waals surface area contributed by atoms with Crippen LogP contribution < -0.4 is 0 Å². The van der Waals surface area contributed by atoms with E-state index in [4.69, 9.17) is 4.98 Å². The molecule has 2 heteroatoms. The lowest BCUT2D eigenvalue weighted by Crippen LogP contribution is -2.06. The second kappa shape index (κ2) is 12.8. The van der Waals surface area contributed by atoms with Crippen molar-refractivity contribution in [3.63, 3.8) is 0 Å². The first-order chi connectivity index (χ1) is 27.3. The summed E-state index contributed by atoms with van der Waals surface area (Å²) in [6.07, 6.45) is 11.7. The molecule has 1 aliphatic rings. The van der Waals surface area contributed by atoms with E-state index in [1.165, 1.54) is 93.2 Å². The molecule has 0 saturated carbocycles. The monoisotopic (exact) mass is 700 g/mol. The number of allylic oxidation sites excluding steroid dienone is 4. The summed E-state index contributed by atoms with van der Waals surface area (Å²) in [7, 11) is 0. The van der Waals surface area contributed by atoms with E-state index in [-0.39, 0.29) is 6.04 Å². The van der Waals surface area contributed by atoms with Crippen LogP contribution in [-0.2, 0) is 0 Å². The molecule has 0 radical (unpaired) electrons. The highest BCUT2D eigenvalue weighted by Gasteiger charge is 2.20. The largest absolute Gasteiger partial charge is 0.332 e. The van der Waals surface area contributed by atoms with Gasteiger partial charge in [-0.3, -0.25) is 4.98 Å². The summed E-state index contributed by atoms with van der Waals surface area (Å²) in [4.78, 5) is 4.92. The number of nitrogens with zero attached hydrogens (tertiary/aromatic N) is 2. The molecule has 2 heterocycles. The molecule has 1 atom stereocenters. The number of rotatable bonds is 5. The fourth-order valence-electron chi connectivity index (χ4n) is 9.05. The molecule has 11 rings (SSSR count). The van der Waals surface area contributed by atoms with Crippen LogP contribution in [0.25, 0.3) is 98.8 Å². The van der Waals surface area contributed by atoms with Crippen molar-refractivity contribution in [3.8, 4) is 44.5 Å². The molecule has 2 aromatic heterocycles. The maximum atomic E-state index is 4.92. The molecule has 0 bridgehead atoms. The minimum atomic E-state index is 0.267. The number of benzene rings is 8. The summed E-state index contributed by atoms with van der Waals surface area (Å²) >= 11 is 0. The molecule has 0 aliphatic heterocycles. The molecule has 55 heavy (non-hydrogen) atoms. The molecule has 0 saturated heterocycles. The van der Waals surface area contributed by atoms with Crippen molar-refractivity contribution in [3.05, 3.63) is 200 Å². The van der Waals surface area contributed by atoms with Crippen LogP contribution >= 0.6 is 0 Å². The molecule has 0 amide bonds. The summed E-state index contributed by atoms with van der Waals surface area (Å²) in [6.45, 7) is 0. The van der Waals surface area contributed by atoms with Crippen molar-refractivity contribution >= 4 is 54.3 Å². The minimum Gasteiger partial charge on any atom is -0.332 e. The second-order valence-electron chi connectivity index (χ2n) is 14.6. The van der Waals surface area contributed by atoms with Crippen LogP contribution in [0.3, 0.4) is 0 Å². The van der Waals surface area contributed by atoms with E-state index in [1.807, 2.05) is 12.3 Å². The first-order valence-electron chi connectivity index (χ1n) is 19.1. The van der Waals surface area contributed by atoms with Gasteiger partial charge in [-0.05, 0) is 126 Å². The van der Waals surface area contributed by atoms with Crippen molar-refractivity contribution in [2.75, 3.05) is 0 Å². The zero-order chi connectivity index (χ0) is 36.3. The SMILES string of the molecule is C1=CCC(n2c3ccc(-c4cc(-c5ccccc5)c5cc(-c6c7ccccc7c(-c7ccccc7)c7ccccc67)ccc5c4)cc3c3ncccc32)C=C1. The number of hydrogen-bond donors (Lipinski definition) is 0. The Morgan fingerprint density at radius 1 is 0.436 bits per heavy atom. The maximum Gasteiger partial charge on any atom is 0.0960 e. The summed E-state index contributed by atoms with van der Waals surface area (Å²) < 4.78 is 2.46. The molecule has 0 fully saturated rings. The van der Waals surface area contributed by atoms with Gasteiger partial charge in [0.15, 0.2) is 0 Å². The van der Waals surface area contributed by atoms with Gasteiger partial charge in [0.25, 0.3) is 0 Å². The quantitative estimate of drug-likeness (QED) is 0.163. The summed E-state index contributed by atoms with van der Waals surface area (Å²) in [5.41, 5.74) is 13.3. The van der Waals surface area contributed by atoms with Crippen molar-refractivity contribution in [2.45, 2.75) is 12.5 Å². The Bertz CT molecular complexity index is 3110. The Kier molecular flexibility index (Phi) is 7.34. The smallest absolute Gasteiger partial charge is 0.0960 e. The van der Waals surface area contributed by atoms with E-state index in [9.17, 15) is 0 Å². The molecular weight excluding hydrogens is 665 g/mol. The van der Waals surface area contributed by atoms with E-state index in [0.717, 1.165) is 11.9 Å². The average Bonchev–Trinajstić information content (AvgIpc) is 3.59. The van der Waals surface area contributed by atoms with Crippen LogP contribution in [0.1, 0.15) is 12.5 Å². The number of hydrogen-bond acceptors (Lipinski definition) is 1. The van der Waals surface area contributed by atoms with E-state index >= 15 is 0 Å². The lowest BCUT2D eigenvalue weighted by molar-refractivity contribution is 0.648. The first-order valence-corrected chi connectivity index (χ1v) is 19.1. The van der Waals surface area contributed by atoms with E-state index in [2.05, 4.69) is 193 Å². The van der Waals surface area contributed by atoms with Gasteiger partial charge in [-0.15, -0.1) is 0 Å². The Hall–Kier alpha value is -7.03. The van der Waals surface area contributed by atoms with Gasteiger partial charge in [-0.25, -0.2) is 0 Å². The average molecular weight is 701 g/mol. The third kappa shape index (κ3) is 5.14. The molecule has 0 spiro atoms. The molecule has 10 aromatic rings. The van der Waals surface area contributed by atoms with Crippen LogP contribution in [0.5, 0.6) is 0 Å². The van der Waals surface area contributed by atoms with Crippen LogP contribution in [0, 0.1) is 0 Å². The molecule has 1 aliphatic carbocycles. The Morgan fingerprint density at radius 2 is 1.07 bits per heavy atom. The van der Waals surface area contributed by atoms with E-state index in [0.29, 0.717) is 0 Å². The van der Waals surface area contributed by atoms with Gasteiger partial charge in [0, 0.05) is 11.6 Å². The molecular formula is C53H36N2. The van der Waals surface area contributed by atoms with Crippen molar-refractivity contribution in [1.29, 1.82) is 0 Å². The Morgan fingerprint density at radius 3 is 1.76 bits per heavy atom. The van der Waals surface area contributed by atoms with E-state index in [1.54, 1.807) is 0 Å². The van der Waals surface area contributed by atoms with Gasteiger partial charge in [0.05, 0.1) is 22.6 Å². The number of fused-ring (bicyclic) bond motifs is 6. The summed E-state index contributed by atoms with van der Waals surface area (Å²) in [5, 5.41) is 8.70. The highest BCUT2D eigenvalue weighted by Crippen LogP contribution is 2.45. The van der Waals surface area contributed by atoms with Crippen molar-refractivity contribution in [2.24, 2.45) is 0 Å². The Balaban J connectivity index is 1.13. The van der Waals surface area contributed by atoms with Gasteiger partial charge >= 0.3 is 0 Å². The molecule has 0 N–H and O–H groups in total. The van der Waals surface area contributed by atoms with Crippen LogP contribution in [0.4, 0.5) is 0 Å². The summed E-state index contributed by atoms with van der Waals surface area (Å²) in [6, 6.07) is 62.8. The standard InChI is InChI=1S/C53H36N2/c1-4-15-35(16-5-1)46-34-40(37-28-29-49-48(32-37)53-50(25-14-30-54-53)55(49)41-19-8-3-9-20-41)31-38-26-27-39(33-47(38)46)52-44-23-12-10-21-42(44)51(36-17-6-2-7-18-36)43-22-11-13-24-45(43)52/h1-19,21-34,41H,20H2. The van der Waals surface area contributed by atoms with Gasteiger partial charge in [-0.1, -0.05) is 152 Å². The molecule has 258 valence electrons. The third-order valence-electron chi connectivity index (χ3n) is 11.5. The zero-order valence-corrected chi connectivity index (χ0v) is 30.2. The van der Waals surface area contributed by atoms with Gasteiger partial charge in [0.1, 0.15) is 0 Å². The van der Waals surface area contributed by atoms with Crippen molar-refractivity contribution < 1.29 is 0 Å². The topological polar surface area (TPSA) is 17.8 Å². The minimum absolute atomic E-state index is 0.267. The van der Waals surface area contributed by atoms with Crippen molar-refractivity contribution in [1.82, 2.24) is 9.55 Å². The van der Waals surface area contributed by atoms with Crippen LogP contribution in [0.15, 0.2) is 200 Å². The number of pyridine rings is 1. The Labute approximate surface area is 320 Å². The molecule has 2 nitrogen and oxygen atoms in total. The lowest BCUT2D eigenvalue weighted by atomic mass is 9.85. The summed E-state index contributed by atoms with van der Waals surface area (Å²) in [5.74, 6) is 0. The van der Waals surface area contributed by atoms with Gasteiger partial charge in [0.2, 0.25) is 0 Å². The second-order valence-corrected chi connectivity index (χ2v) is 14.6. The predicted octanol–water partition coefficient (Wildman–Crippen LogP) is 14.4. The predicted molar refractivity (Wildman–Crippen MR) is 233 cm³/mol. The molecule has 8 aromatic carbocycles. The van der Waals surface area contributed by atoms with Crippen LogP contribution in [-0.4, -0.2) is 9.55 Å². The fourth-order valence-corrected chi connectivity index (χ4v) is 9.05. The van der Waals surface area contributed by atoms with Crippen LogP contribution in [0.2, 0.25) is 0 Å².